The summed E-state index contributed by atoms with van der Waals surface area (Å²) in [5, 5.41) is 15.7. The number of rotatable bonds is 8. The van der Waals surface area contributed by atoms with E-state index in [1.54, 1.807) is 24.3 Å². The number of halogens is 1. The van der Waals surface area contributed by atoms with Gasteiger partial charge >= 0.3 is 5.97 Å². The lowest BCUT2D eigenvalue weighted by atomic mass is 9.76. The minimum atomic E-state index is -1.52. The molecule has 5 rings (SSSR count). The highest BCUT2D eigenvalue weighted by Gasteiger charge is 2.70. The molecule has 3 amide bonds. The van der Waals surface area contributed by atoms with Gasteiger partial charge in [0.05, 0.1) is 36.8 Å². The van der Waals surface area contributed by atoms with Gasteiger partial charge < -0.3 is 19.9 Å². The zero-order valence-corrected chi connectivity index (χ0v) is 21.9. The van der Waals surface area contributed by atoms with E-state index in [9.17, 15) is 24.3 Å². The van der Waals surface area contributed by atoms with E-state index < -0.39 is 47.1 Å². The zero-order valence-electron chi connectivity index (χ0n) is 21.2. The average molecular weight is 542 g/mol. The van der Waals surface area contributed by atoms with Gasteiger partial charge in [-0.15, -0.1) is 0 Å². The monoisotopic (exact) mass is 541 g/mol. The first kappa shape index (κ1) is 26.0. The molecule has 10 nitrogen and oxygen atoms in total. The van der Waals surface area contributed by atoms with E-state index in [1.165, 1.54) is 19.1 Å². The predicted molar refractivity (Wildman–Crippen MR) is 137 cm³/mol. The van der Waals surface area contributed by atoms with Crippen LogP contribution >= 0.6 is 11.6 Å². The van der Waals surface area contributed by atoms with Crippen molar-refractivity contribution in [3.63, 3.8) is 0 Å². The topological polar surface area (TPSA) is 134 Å². The first-order valence-corrected chi connectivity index (χ1v) is 12.7. The summed E-state index contributed by atoms with van der Waals surface area (Å²) in [4.78, 5) is 53.7. The van der Waals surface area contributed by atoms with Crippen molar-refractivity contribution in [3.05, 3.63) is 52.0 Å². The largest absolute Gasteiger partial charge is 0.493 e. The fourth-order valence-electron chi connectivity index (χ4n) is 6.08. The van der Waals surface area contributed by atoms with Gasteiger partial charge in [0, 0.05) is 24.6 Å². The van der Waals surface area contributed by atoms with Gasteiger partial charge in [0.2, 0.25) is 17.7 Å². The van der Waals surface area contributed by atoms with Gasteiger partial charge in [-0.2, -0.15) is 0 Å². The molecule has 38 heavy (non-hydrogen) atoms. The molecule has 3 heterocycles. The first-order chi connectivity index (χ1) is 18.1. The lowest BCUT2D eigenvalue weighted by Gasteiger charge is -2.29. The smallest absolute Gasteiger partial charge is 0.303 e. The number of imide groups is 1. The number of methoxy groups -OCH3 is 2. The summed E-state index contributed by atoms with van der Waals surface area (Å²) in [7, 11) is 3.06. The summed E-state index contributed by atoms with van der Waals surface area (Å²) >= 11 is 6.44. The molecule has 2 fully saturated rings. The van der Waals surface area contributed by atoms with Crippen LogP contribution in [0.15, 0.2) is 30.3 Å². The fraction of sp³-hybridized carbons (Fsp3) is 0.407. The molecule has 11 heteroatoms. The van der Waals surface area contributed by atoms with Gasteiger partial charge in [-0.25, -0.2) is 0 Å². The van der Waals surface area contributed by atoms with E-state index in [-0.39, 0.29) is 19.4 Å². The average Bonchev–Trinajstić information content (AvgIpc) is 3.46. The van der Waals surface area contributed by atoms with Crippen molar-refractivity contribution in [1.29, 1.82) is 0 Å². The van der Waals surface area contributed by atoms with E-state index in [0.29, 0.717) is 34.2 Å². The van der Waals surface area contributed by atoms with E-state index in [0.717, 1.165) is 11.1 Å². The van der Waals surface area contributed by atoms with Gasteiger partial charge in [-0.3, -0.25) is 29.4 Å². The summed E-state index contributed by atoms with van der Waals surface area (Å²) in [5.74, 6) is -3.21. The van der Waals surface area contributed by atoms with E-state index in [2.05, 4.69) is 10.6 Å². The number of ether oxygens (including phenoxy) is 2. The summed E-state index contributed by atoms with van der Waals surface area (Å²) < 4.78 is 10.6. The molecule has 2 aromatic rings. The van der Waals surface area contributed by atoms with Gasteiger partial charge in [-0.1, -0.05) is 23.7 Å². The number of aryl methyl sites for hydroxylation is 1. The Morgan fingerprint density at radius 2 is 1.84 bits per heavy atom. The van der Waals surface area contributed by atoms with Gasteiger partial charge in [0.1, 0.15) is 5.54 Å². The number of anilines is 1. The maximum Gasteiger partial charge on any atom is 0.303 e. The Bertz CT molecular complexity index is 1360. The lowest BCUT2D eigenvalue weighted by Crippen LogP contribution is -2.53. The third kappa shape index (κ3) is 3.90. The quantitative estimate of drug-likeness (QED) is 0.434. The molecule has 2 aromatic carbocycles. The number of carboxylic acid groups (broad SMARTS) is 1. The van der Waals surface area contributed by atoms with E-state index >= 15 is 0 Å². The zero-order chi connectivity index (χ0) is 27.4. The van der Waals surface area contributed by atoms with E-state index in [1.807, 2.05) is 13.0 Å². The predicted octanol–water partition coefficient (Wildman–Crippen LogP) is 2.49. The maximum absolute atomic E-state index is 13.9. The molecule has 3 aliphatic heterocycles. The second-order valence-corrected chi connectivity index (χ2v) is 10.3. The molecule has 4 atom stereocenters. The van der Waals surface area contributed by atoms with Crippen LogP contribution in [0.3, 0.4) is 0 Å². The molecule has 2 saturated heterocycles. The van der Waals surface area contributed by atoms with Crippen molar-refractivity contribution in [2.45, 2.75) is 37.8 Å². The van der Waals surface area contributed by atoms with Gasteiger partial charge in [0.25, 0.3) is 0 Å². The standard InChI is InChI=1S/C27H28ClN3O7/c1-13-10-15-23(16(28)11-13)29-26(36)27(15)22-21(17(30-27)5-7-20(32)33)24(34)31(25(22)35)9-8-14-4-6-18(37-2)19(12-14)38-3/h4,6,10-12,17,21-22,30H,5,7-9H2,1-3H3,(H,29,36)(H,32,33)/t17-,21-,22+,27-/m1/s1. The van der Waals surface area contributed by atoms with Crippen LogP contribution in [0.4, 0.5) is 5.69 Å². The van der Waals surface area contributed by atoms with Gasteiger partial charge in [-0.05, 0) is 49.1 Å². The Morgan fingerprint density at radius 3 is 2.53 bits per heavy atom. The van der Waals surface area contributed by atoms with Crippen LogP contribution in [0.5, 0.6) is 11.5 Å². The number of nitrogens with zero attached hydrogens (tertiary/aromatic N) is 1. The van der Waals surface area contributed by atoms with Crippen molar-refractivity contribution >= 4 is 41.0 Å². The Balaban J connectivity index is 1.50. The number of carboxylic acids is 1. The number of carbonyl (C=O) groups excluding carboxylic acids is 3. The number of fused-ring (bicyclic) bond motifs is 4. The van der Waals surface area contributed by atoms with Crippen molar-refractivity contribution in [3.8, 4) is 11.5 Å². The van der Waals surface area contributed by atoms with Crippen LogP contribution < -0.4 is 20.1 Å². The molecule has 0 saturated carbocycles. The second-order valence-electron chi connectivity index (χ2n) is 9.89. The molecule has 0 unspecified atom stereocenters. The lowest BCUT2D eigenvalue weighted by molar-refractivity contribution is -0.143. The molecule has 0 aromatic heterocycles. The number of benzene rings is 2. The molecular weight excluding hydrogens is 514 g/mol. The van der Waals surface area contributed by atoms with E-state index in [4.69, 9.17) is 21.1 Å². The molecule has 3 N–H and O–H groups in total. The molecule has 200 valence electrons. The molecule has 3 aliphatic rings. The van der Waals surface area contributed by atoms with Crippen molar-refractivity contribution in [2.24, 2.45) is 11.8 Å². The first-order valence-electron chi connectivity index (χ1n) is 12.3. The number of likely N-dealkylation sites (tertiary alicyclic amines) is 1. The highest BCUT2D eigenvalue weighted by molar-refractivity contribution is 6.35. The highest BCUT2D eigenvalue weighted by Crippen LogP contribution is 2.55. The summed E-state index contributed by atoms with van der Waals surface area (Å²) in [6.45, 7) is 1.93. The molecular formula is C27H28ClN3O7. The fourth-order valence-corrected chi connectivity index (χ4v) is 6.40. The number of amides is 3. The minimum Gasteiger partial charge on any atom is -0.493 e. The molecule has 0 bridgehead atoms. The normalized spacial score (nSPS) is 25.5. The molecule has 0 radical (unpaired) electrons. The second kappa shape index (κ2) is 9.59. The summed E-state index contributed by atoms with van der Waals surface area (Å²) in [5.41, 5.74) is 1.00. The third-order valence-electron chi connectivity index (χ3n) is 7.75. The number of carbonyl (C=O) groups is 4. The van der Waals surface area contributed by atoms with Crippen molar-refractivity contribution in [1.82, 2.24) is 10.2 Å². The Morgan fingerprint density at radius 1 is 1.11 bits per heavy atom. The molecule has 1 spiro atoms. The van der Waals surface area contributed by atoms with Crippen LogP contribution in [0.25, 0.3) is 0 Å². The summed E-state index contributed by atoms with van der Waals surface area (Å²) in [6, 6.07) is 8.18. The highest BCUT2D eigenvalue weighted by atomic mass is 35.5. The van der Waals surface area contributed by atoms with Gasteiger partial charge in [0.15, 0.2) is 11.5 Å². The number of nitrogens with one attached hydrogen (secondary N) is 2. The number of aliphatic carboxylic acids is 1. The Kier molecular flexibility index (Phi) is 6.56. The van der Waals surface area contributed by atoms with Crippen molar-refractivity contribution < 1.29 is 33.8 Å². The third-order valence-corrected chi connectivity index (χ3v) is 8.05. The van der Waals surface area contributed by atoms with Crippen LogP contribution in [0.1, 0.15) is 29.5 Å². The Labute approximate surface area is 224 Å². The maximum atomic E-state index is 13.9. The van der Waals surface area contributed by atoms with Crippen LogP contribution in [0, 0.1) is 18.8 Å². The number of hydrogen-bond acceptors (Lipinski definition) is 7. The summed E-state index contributed by atoms with van der Waals surface area (Å²) in [6.07, 6.45) is 0.237. The number of hydrogen-bond donors (Lipinski definition) is 3. The molecule has 0 aliphatic carbocycles. The SMILES string of the molecule is COc1ccc(CCN2C(=O)[C@H]3[C@@H](C2=O)[C@@]2(N[C@@H]3CCC(=O)O)C(=O)Nc3c(Cl)cc(C)cc32)cc1OC. The van der Waals surface area contributed by atoms with Crippen molar-refractivity contribution in [2.75, 3.05) is 26.1 Å². The van der Waals surface area contributed by atoms with Crippen LogP contribution in [0.2, 0.25) is 5.02 Å². The van der Waals surface area contributed by atoms with Crippen LogP contribution in [-0.2, 0) is 31.1 Å². The Hall–Kier alpha value is -3.63. The minimum absolute atomic E-state index is 0.0863. The van der Waals surface area contributed by atoms with Crippen LogP contribution in [-0.4, -0.2) is 60.5 Å².